The zero-order chi connectivity index (χ0) is 30.0. The highest BCUT2D eigenvalue weighted by Gasteiger charge is 2.42. The second-order valence-corrected chi connectivity index (χ2v) is 10.6. The number of carboxylic acids is 1. The first-order chi connectivity index (χ1) is 18.4. The number of benzene rings is 2. The molecule has 0 bridgehead atoms. The van der Waals surface area contributed by atoms with Crippen LogP contribution in [-0.4, -0.2) is 22.5 Å². The number of rotatable bonds is 8. The Kier molecular flexibility index (Phi) is 9.53. The van der Waals surface area contributed by atoms with Gasteiger partial charge in [0.2, 0.25) is 0 Å². The average Bonchev–Trinajstić information content (AvgIpc) is 2.82. The minimum Gasteiger partial charge on any atom is -0.481 e. The van der Waals surface area contributed by atoms with E-state index in [-0.39, 0.29) is 38.1 Å². The topological polar surface area (TPSA) is 40.5 Å². The van der Waals surface area contributed by atoms with Crippen molar-refractivity contribution in [2.45, 2.75) is 76.6 Å². The molecule has 2 aromatic rings. The molecule has 0 saturated carbocycles. The van der Waals surface area contributed by atoms with Gasteiger partial charge in [-0.15, -0.1) is 0 Å². The van der Waals surface area contributed by atoms with Gasteiger partial charge in [-0.1, -0.05) is 26.0 Å². The van der Waals surface area contributed by atoms with Crippen molar-refractivity contribution in [1.29, 1.82) is 0 Å². The molecule has 12 heteroatoms. The van der Waals surface area contributed by atoms with Gasteiger partial charge in [-0.05, 0) is 85.5 Å². The molecule has 0 aliphatic carbocycles. The maximum absolute atomic E-state index is 14.1. The molecule has 40 heavy (non-hydrogen) atoms. The van der Waals surface area contributed by atoms with Crippen molar-refractivity contribution in [3.63, 3.8) is 0 Å². The van der Waals surface area contributed by atoms with Crippen LogP contribution < -0.4 is 0 Å². The fourth-order valence-corrected chi connectivity index (χ4v) is 5.35. The summed E-state index contributed by atoms with van der Waals surface area (Å²) in [7, 11) is 0. The number of halogens is 9. The molecule has 1 aliphatic rings. The average molecular weight is 584 g/mol. The summed E-state index contributed by atoms with van der Waals surface area (Å²) in [4.78, 5) is 13.0. The van der Waals surface area contributed by atoms with E-state index in [0.29, 0.717) is 30.2 Å². The van der Waals surface area contributed by atoms with E-state index in [1.54, 1.807) is 4.90 Å². The van der Waals surface area contributed by atoms with Crippen LogP contribution in [0, 0.1) is 11.8 Å². The molecule has 1 fully saturated rings. The zero-order valence-electron chi connectivity index (χ0n) is 21.8. The highest BCUT2D eigenvalue weighted by Crippen LogP contribution is 2.47. The number of aliphatic carboxylic acids is 1. The molecule has 1 saturated heterocycles. The Labute approximate surface area is 226 Å². The first-order valence-corrected chi connectivity index (χ1v) is 12.8. The molecule has 1 N–H and O–H groups in total. The van der Waals surface area contributed by atoms with E-state index in [2.05, 4.69) is 0 Å². The number of nitrogens with zero attached hydrogens (tertiary/aromatic N) is 1. The highest BCUT2D eigenvalue weighted by atomic mass is 19.4. The fraction of sp³-hybridized carbons (Fsp3) is 0.536. The van der Waals surface area contributed by atoms with E-state index >= 15 is 0 Å². The van der Waals surface area contributed by atoms with Gasteiger partial charge in [0.15, 0.2) is 0 Å². The summed E-state index contributed by atoms with van der Waals surface area (Å²) >= 11 is 0. The molecular formula is C28H30F9NO2. The molecule has 0 aromatic heterocycles. The van der Waals surface area contributed by atoms with Crippen LogP contribution in [0.2, 0.25) is 0 Å². The number of hydrogen-bond donors (Lipinski definition) is 1. The molecule has 2 aromatic carbocycles. The Morgan fingerprint density at radius 3 is 1.95 bits per heavy atom. The third-order valence-corrected chi connectivity index (χ3v) is 7.30. The quantitative estimate of drug-likeness (QED) is 0.315. The van der Waals surface area contributed by atoms with Crippen molar-refractivity contribution < 1.29 is 49.4 Å². The number of carbonyl (C=O) groups is 1. The van der Waals surface area contributed by atoms with Gasteiger partial charge in [0.05, 0.1) is 16.7 Å². The van der Waals surface area contributed by atoms with Crippen LogP contribution in [0.5, 0.6) is 0 Å². The van der Waals surface area contributed by atoms with Gasteiger partial charge in [0.25, 0.3) is 0 Å². The van der Waals surface area contributed by atoms with Crippen molar-refractivity contribution in [2.75, 3.05) is 6.54 Å². The van der Waals surface area contributed by atoms with Crippen LogP contribution >= 0.6 is 0 Å². The lowest BCUT2D eigenvalue weighted by Crippen LogP contribution is -2.41. The zero-order valence-corrected chi connectivity index (χ0v) is 21.8. The smallest absolute Gasteiger partial charge is 0.416 e. The molecule has 0 amide bonds. The maximum atomic E-state index is 14.1. The van der Waals surface area contributed by atoms with Gasteiger partial charge in [-0.3, -0.25) is 9.69 Å². The molecule has 222 valence electrons. The first kappa shape index (κ1) is 31.8. The third kappa shape index (κ3) is 7.92. The van der Waals surface area contributed by atoms with Gasteiger partial charge in [0.1, 0.15) is 0 Å². The molecule has 0 radical (unpaired) electrons. The second kappa shape index (κ2) is 12.0. The first-order valence-electron chi connectivity index (χ1n) is 12.8. The monoisotopic (exact) mass is 583 g/mol. The predicted octanol–water partition coefficient (Wildman–Crippen LogP) is 9.15. The molecular weight excluding hydrogens is 553 g/mol. The number of carboxylic acid groups (broad SMARTS) is 1. The largest absolute Gasteiger partial charge is 0.481 e. The van der Waals surface area contributed by atoms with Crippen molar-refractivity contribution in [2.24, 2.45) is 11.8 Å². The molecule has 3 nitrogen and oxygen atoms in total. The van der Waals surface area contributed by atoms with Gasteiger partial charge >= 0.3 is 24.5 Å². The van der Waals surface area contributed by atoms with E-state index in [1.165, 1.54) is 12.1 Å². The fourth-order valence-electron chi connectivity index (χ4n) is 5.35. The van der Waals surface area contributed by atoms with Crippen molar-refractivity contribution in [1.82, 2.24) is 4.90 Å². The lowest BCUT2D eigenvalue weighted by molar-refractivity contribution is -0.142. The Hall–Kier alpha value is -2.76. The van der Waals surface area contributed by atoms with Crippen LogP contribution in [0.4, 0.5) is 39.5 Å². The third-order valence-electron chi connectivity index (χ3n) is 7.30. The molecule has 3 atom stereocenters. The van der Waals surface area contributed by atoms with Crippen LogP contribution in [0.3, 0.4) is 0 Å². The van der Waals surface area contributed by atoms with Crippen LogP contribution in [0.15, 0.2) is 42.5 Å². The summed E-state index contributed by atoms with van der Waals surface area (Å²) < 4.78 is 123. The van der Waals surface area contributed by atoms with Gasteiger partial charge in [0, 0.05) is 18.5 Å². The number of hydrogen-bond acceptors (Lipinski definition) is 2. The van der Waals surface area contributed by atoms with Crippen LogP contribution in [0.25, 0.3) is 0 Å². The number of piperidine rings is 1. The van der Waals surface area contributed by atoms with Crippen LogP contribution in [-0.2, 0) is 23.3 Å². The van der Waals surface area contributed by atoms with E-state index < -0.39 is 64.8 Å². The highest BCUT2D eigenvalue weighted by molar-refractivity contribution is 5.67. The number of alkyl halides is 9. The van der Waals surface area contributed by atoms with E-state index in [4.69, 9.17) is 0 Å². The standard InChI is InChI=1S/C28H30F9NO2/c1-16(2)3-10-23(21-15-20(27(32,33)34)8-9-22(21)28(35,36)37)38-12-11-17(14-25(39)40)13-24(38)18-4-6-19(7-5-18)26(29,30)31/h4-9,15-17,23-24H,3,10-14H2,1-2H3,(H,39,40)/t17-,23-,24+/m1/s1. The predicted molar refractivity (Wildman–Crippen MR) is 129 cm³/mol. The van der Waals surface area contributed by atoms with Crippen LogP contribution in [0.1, 0.15) is 85.9 Å². The lowest BCUT2D eigenvalue weighted by Gasteiger charge is -2.45. The van der Waals surface area contributed by atoms with Crippen molar-refractivity contribution >= 4 is 5.97 Å². The van der Waals surface area contributed by atoms with E-state index in [1.807, 2.05) is 13.8 Å². The van der Waals surface area contributed by atoms with Gasteiger partial charge in [-0.25, -0.2) is 0 Å². The Bertz CT molecular complexity index is 1150. The summed E-state index contributed by atoms with van der Waals surface area (Å²) in [6.45, 7) is 3.69. The second-order valence-electron chi connectivity index (χ2n) is 10.6. The number of likely N-dealkylation sites (tertiary alicyclic amines) is 1. The Morgan fingerprint density at radius 2 is 1.45 bits per heavy atom. The molecule has 1 heterocycles. The van der Waals surface area contributed by atoms with Crippen molar-refractivity contribution in [3.8, 4) is 0 Å². The summed E-state index contributed by atoms with van der Waals surface area (Å²) in [6, 6.07) is 3.42. The molecule has 0 spiro atoms. The lowest BCUT2D eigenvalue weighted by atomic mass is 9.81. The Morgan fingerprint density at radius 1 is 0.875 bits per heavy atom. The molecule has 1 aliphatic heterocycles. The van der Waals surface area contributed by atoms with E-state index in [9.17, 15) is 49.4 Å². The minimum atomic E-state index is -4.96. The summed E-state index contributed by atoms with van der Waals surface area (Å²) in [6.07, 6.45) is -14.0. The summed E-state index contributed by atoms with van der Waals surface area (Å²) in [5, 5.41) is 9.31. The molecule has 0 unspecified atom stereocenters. The summed E-state index contributed by atoms with van der Waals surface area (Å²) in [5.74, 6) is -1.52. The minimum absolute atomic E-state index is 0.00305. The summed E-state index contributed by atoms with van der Waals surface area (Å²) in [5.41, 5.74) is -3.63. The maximum Gasteiger partial charge on any atom is 0.416 e. The van der Waals surface area contributed by atoms with Gasteiger partial charge in [-0.2, -0.15) is 39.5 Å². The SMILES string of the molecule is CC(C)CC[C@H](c1cc(C(F)(F)F)ccc1C(F)(F)F)N1CC[C@@H](CC(=O)O)C[C@H]1c1ccc(C(F)(F)F)cc1. The van der Waals surface area contributed by atoms with E-state index in [0.717, 1.165) is 12.1 Å². The van der Waals surface area contributed by atoms with Gasteiger partial charge < -0.3 is 5.11 Å². The van der Waals surface area contributed by atoms with Crippen molar-refractivity contribution in [3.05, 3.63) is 70.3 Å². The Balaban J connectivity index is 2.18. The normalized spacial score (nSPS) is 20.1. The molecule has 3 rings (SSSR count).